The van der Waals surface area contributed by atoms with Gasteiger partial charge in [0.05, 0.1) is 10.4 Å². The van der Waals surface area contributed by atoms with Gasteiger partial charge >= 0.3 is 0 Å². The van der Waals surface area contributed by atoms with Gasteiger partial charge in [0.25, 0.3) is 15.6 Å². The summed E-state index contributed by atoms with van der Waals surface area (Å²) in [5.74, 6) is 0.858. The van der Waals surface area contributed by atoms with Gasteiger partial charge in [0.2, 0.25) is 5.78 Å². The smallest absolute Gasteiger partial charge is 0.286 e. The number of nitrogens with zero attached hydrogens (tertiary/aromatic N) is 5. The second-order valence-electron chi connectivity index (χ2n) is 6.71. The van der Waals surface area contributed by atoms with E-state index < -0.39 is 15.6 Å². The molecule has 0 aliphatic carbocycles. The normalized spacial score (nSPS) is 12.2. The predicted octanol–water partition coefficient (Wildman–Crippen LogP) is 2.58. The van der Waals surface area contributed by atoms with Crippen LogP contribution in [0.1, 0.15) is 32.0 Å². The fourth-order valence-electron chi connectivity index (χ4n) is 3.45. The topological polar surface area (TPSA) is 91.3 Å². The Hall–Kier alpha value is -2.94. The molecule has 0 spiro atoms. The third-order valence-electron chi connectivity index (χ3n) is 4.86. The van der Waals surface area contributed by atoms with Crippen molar-refractivity contribution in [3.8, 4) is 0 Å². The lowest BCUT2D eigenvalue weighted by Gasteiger charge is -2.12. The van der Waals surface area contributed by atoms with Gasteiger partial charge < -0.3 is 4.57 Å². The molecule has 0 N–H and O–H groups in total. The second kappa shape index (κ2) is 6.90. The summed E-state index contributed by atoms with van der Waals surface area (Å²) in [4.78, 5) is 13.3. The van der Waals surface area contributed by atoms with Crippen LogP contribution in [0.15, 0.2) is 52.3 Å². The fourth-order valence-corrected chi connectivity index (χ4v) is 4.81. The molecule has 0 aliphatic rings. The predicted molar refractivity (Wildman–Crippen MR) is 106 cm³/mol. The quantitative estimate of drug-likeness (QED) is 0.465. The Morgan fingerprint density at radius 1 is 1.04 bits per heavy atom. The molecule has 3 heterocycles. The molecule has 0 atom stereocenters. The maximum atomic E-state index is 13.2. The number of hydrogen-bond donors (Lipinski definition) is 0. The van der Waals surface area contributed by atoms with E-state index in [0.717, 1.165) is 23.2 Å². The molecule has 3 aromatic heterocycles. The van der Waals surface area contributed by atoms with Crippen molar-refractivity contribution in [2.75, 3.05) is 0 Å². The molecule has 0 fully saturated rings. The number of unbranched alkanes of at least 4 members (excludes halogenated alkanes) is 2. The average molecular weight is 399 g/mol. The zero-order valence-electron chi connectivity index (χ0n) is 15.7. The Morgan fingerprint density at radius 3 is 2.50 bits per heavy atom. The van der Waals surface area contributed by atoms with Crippen molar-refractivity contribution in [2.45, 2.75) is 44.6 Å². The number of fused-ring (bicyclic) bond motifs is 2. The monoisotopic (exact) mass is 399 g/mol. The minimum Gasteiger partial charge on any atom is -0.308 e. The van der Waals surface area contributed by atoms with Gasteiger partial charge in [0, 0.05) is 12.7 Å². The molecule has 0 saturated heterocycles. The van der Waals surface area contributed by atoms with E-state index >= 15 is 0 Å². The first-order valence-electron chi connectivity index (χ1n) is 9.23. The maximum absolute atomic E-state index is 13.2. The third kappa shape index (κ3) is 2.73. The lowest BCUT2D eigenvalue weighted by atomic mass is 10.2. The van der Waals surface area contributed by atoms with E-state index in [0.29, 0.717) is 23.7 Å². The third-order valence-corrected chi connectivity index (χ3v) is 6.55. The molecule has 4 rings (SSSR count). The number of aromatic nitrogens is 5. The summed E-state index contributed by atoms with van der Waals surface area (Å²) in [6.07, 6.45) is 4.41. The van der Waals surface area contributed by atoms with Crippen LogP contribution in [-0.4, -0.2) is 31.6 Å². The molecule has 0 saturated carbocycles. The molecule has 146 valence electrons. The van der Waals surface area contributed by atoms with Gasteiger partial charge in [-0.3, -0.25) is 4.79 Å². The molecule has 28 heavy (non-hydrogen) atoms. The minimum atomic E-state index is -3.90. The van der Waals surface area contributed by atoms with Gasteiger partial charge in [0.1, 0.15) is 11.3 Å². The Morgan fingerprint density at radius 2 is 1.79 bits per heavy atom. The zero-order chi connectivity index (χ0) is 19.9. The number of rotatable bonds is 6. The lowest BCUT2D eigenvalue weighted by Crippen LogP contribution is -2.24. The highest BCUT2D eigenvalue weighted by molar-refractivity contribution is 7.90. The first kappa shape index (κ1) is 18.4. The molecule has 9 heteroatoms. The van der Waals surface area contributed by atoms with E-state index in [-0.39, 0.29) is 10.4 Å². The minimum absolute atomic E-state index is 0.107. The van der Waals surface area contributed by atoms with Crippen LogP contribution in [0.2, 0.25) is 0 Å². The first-order chi connectivity index (χ1) is 13.5. The van der Waals surface area contributed by atoms with Crippen LogP contribution < -0.4 is 5.56 Å². The van der Waals surface area contributed by atoms with Gasteiger partial charge in [-0.25, -0.2) is 16.8 Å². The molecule has 0 unspecified atom stereocenters. The summed E-state index contributed by atoms with van der Waals surface area (Å²) in [7, 11) is -3.90. The molecule has 0 amide bonds. The first-order valence-corrected chi connectivity index (χ1v) is 10.7. The van der Waals surface area contributed by atoms with E-state index in [2.05, 4.69) is 17.1 Å². The van der Waals surface area contributed by atoms with E-state index in [4.69, 9.17) is 0 Å². The van der Waals surface area contributed by atoms with Crippen LogP contribution in [0.25, 0.3) is 16.8 Å². The number of aryl methyl sites for hydroxylation is 2. The van der Waals surface area contributed by atoms with Crippen molar-refractivity contribution in [1.29, 1.82) is 0 Å². The summed E-state index contributed by atoms with van der Waals surface area (Å²) < 4.78 is 30.7. The van der Waals surface area contributed by atoms with Gasteiger partial charge in [-0.15, -0.1) is 10.2 Å². The lowest BCUT2D eigenvalue weighted by molar-refractivity contribution is 0.588. The van der Waals surface area contributed by atoms with Crippen molar-refractivity contribution < 1.29 is 8.42 Å². The molecule has 4 aromatic rings. The van der Waals surface area contributed by atoms with Crippen LogP contribution in [0, 0.1) is 6.92 Å². The molecular formula is C19H21N5O3S. The summed E-state index contributed by atoms with van der Waals surface area (Å²) in [6, 6.07) is 9.76. The Kier molecular flexibility index (Phi) is 4.54. The van der Waals surface area contributed by atoms with E-state index in [1.807, 2.05) is 4.57 Å². The second-order valence-corrected chi connectivity index (χ2v) is 8.52. The summed E-state index contributed by atoms with van der Waals surface area (Å²) in [5, 5.41) is 8.19. The summed E-state index contributed by atoms with van der Waals surface area (Å²) >= 11 is 0. The van der Waals surface area contributed by atoms with Crippen LogP contribution in [-0.2, 0) is 16.6 Å². The fraction of sp³-hybridized carbons (Fsp3) is 0.316. The van der Waals surface area contributed by atoms with E-state index in [9.17, 15) is 13.2 Å². The van der Waals surface area contributed by atoms with E-state index in [1.165, 1.54) is 22.7 Å². The van der Waals surface area contributed by atoms with E-state index in [1.54, 1.807) is 31.2 Å². The molecular weight excluding hydrogens is 378 g/mol. The SMILES string of the molecule is CCCCCn1c2ccn(S(=O)(=O)c3ccccc3)c2c(=O)n2c(C)nnc12. The Balaban J connectivity index is 2.04. The number of benzene rings is 1. The highest BCUT2D eigenvalue weighted by Gasteiger charge is 2.24. The van der Waals surface area contributed by atoms with Gasteiger partial charge in [-0.2, -0.15) is 0 Å². The highest BCUT2D eigenvalue weighted by Crippen LogP contribution is 2.22. The van der Waals surface area contributed by atoms with Crippen molar-refractivity contribution in [1.82, 2.24) is 23.1 Å². The molecule has 0 radical (unpaired) electrons. The maximum Gasteiger partial charge on any atom is 0.286 e. The summed E-state index contributed by atoms with van der Waals surface area (Å²) in [5.41, 5.74) is 0.208. The van der Waals surface area contributed by atoms with Crippen molar-refractivity contribution in [3.63, 3.8) is 0 Å². The summed E-state index contributed by atoms with van der Waals surface area (Å²) in [6.45, 7) is 4.42. The van der Waals surface area contributed by atoms with Crippen molar-refractivity contribution in [2.24, 2.45) is 0 Å². The molecule has 8 nitrogen and oxygen atoms in total. The number of hydrogen-bond acceptors (Lipinski definition) is 5. The Bertz CT molecular complexity index is 1320. The zero-order valence-corrected chi connectivity index (χ0v) is 16.6. The highest BCUT2D eigenvalue weighted by atomic mass is 32.2. The molecule has 0 aliphatic heterocycles. The van der Waals surface area contributed by atoms with Crippen LogP contribution in [0.4, 0.5) is 0 Å². The average Bonchev–Trinajstić information content (AvgIpc) is 3.30. The Labute approximate surface area is 162 Å². The van der Waals surface area contributed by atoms with Crippen LogP contribution in [0.3, 0.4) is 0 Å². The van der Waals surface area contributed by atoms with Crippen LogP contribution >= 0.6 is 0 Å². The van der Waals surface area contributed by atoms with Gasteiger partial charge in [0.15, 0.2) is 0 Å². The van der Waals surface area contributed by atoms with Crippen molar-refractivity contribution >= 4 is 26.8 Å². The molecule has 1 aromatic carbocycles. The van der Waals surface area contributed by atoms with Crippen molar-refractivity contribution in [3.05, 3.63) is 58.8 Å². The largest absolute Gasteiger partial charge is 0.308 e. The van der Waals surface area contributed by atoms with Gasteiger partial charge in [-0.05, 0) is 31.5 Å². The molecule has 0 bridgehead atoms. The standard InChI is InChI=1S/C19H21N5O3S/c1-3-4-8-12-22-16-11-13-23(28(26,27)15-9-6-5-7-10-15)17(16)18(25)24-14(2)20-21-19(22)24/h5-7,9-11,13H,3-4,8,12H2,1-2H3. The van der Waals surface area contributed by atoms with Crippen LogP contribution in [0.5, 0.6) is 0 Å². The van der Waals surface area contributed by atoms with Gasteiger partial charge in [-0.1, -0.05) is 38.0 Å².